The third kappa shape index (κ3) is 1.93. The molecular weight excluding hydrogens is 180 g/mol. The fourth-order valence-corrected chi connectivity index (χ4v) is 2.36. The summed E-state index contributed by atoms with van der Waals surface area (Å²) in [6.45, 7) is 3.89. The van der Waals surface area contributed by atoms with Crippen LogP contribution in [0, 0.1) is 0 Å². The van der Waals surface area contributed by atoms with Crippen LogP contribution in [0.5, 0.6) is 0 Å². The van der Waals surface area contributed by atoms with Gasteiger partial charge in [-0.1, -0.05) is 0 Å². The minimum Gasteiger partial charge on any atom is -0.394 e. The molecule has 0 aromatic carbocycles. The van der Waals surface area contributed by atoms with E-state index in [0.717, 1.165) is 26.0 Å². The Bertz CT molecular complexity index is 195. The Morgan fingerprint density at radius 2 is 2.21 bits per heavy atom. The van der Waals surface area contributed by atoms with Gasteiger partial charge in [0.15, 0.2) is 0 Å². The highest BCUT2D eigenvalue weighted by Gasteiger charge is 2.37. The molecule has 2 rings (SSSR count). The van der Waals surface area contributed by atoms with Crippen LogP contribution in [0.1, 0.15) is 19.8 Å². The lowest BCUT2D eigenvalue weighted by Gasteiger charge is -2.48. The molecule has 82 valence electrons. The van der Waals surface area contributed by atoms with Crippen molar-refractivity contribution >= 4 is 0 Å². The smallest absolute Gasteiger partial charge is 0.0933 e. The van der Waals surface area contributed by atoms with Crippen LogP contribution in [0.2, 0.25) is 0 Å². The second-order valence-corrected chi connectivity index (χ2v) is 4.57. The first-order valence-electron chi connectivity index (χ1n) is 5.44. The molecular formula is C10H20N2O2. The molecule has 1 saturated heterocycles. The lowest BCUT2D eigenvalue weighted by Crippen LogP contribution is -2.59. The average Bonchev–Trinajstić information content (AvgIpc) is 2.14. The Hall–Kier alpha value is -0.160. The van der Waals surface area contributed by atoms with Gasteiger partial charge in [0.1, 0.15) is 0 Å². The first-order valence-corrected chi connectivity index (χ1v) is 5.44. The molecule has 0 spiro atoms. The van der Waals surface area contributed by atoms with Crippen molar-refractivity contribution in [3.05, 3.63) is 0 Å². The maximum absolute atomic E-state index is 9.04. The van der Waals surface area contributed by atoms with E-state index in [1.54, 1.807) is 0 Å². The van der Waals surface area contributed by atoms with Gasteiger partial charge >= 0.3 is 0 Å². The van der Waals surface area contributed by atoms with Crippen molar-refractivity contribution in [2.75, 3.05) is 19.8 Å². The van der Waals surface area contributed by atoms with Crippen LogP contribution < -0.4 is 5.73 Å². The molecule has 0 bridgehead atoms. The lowest BCUT2D eigenvalue weighted by molar-refractivity contribution is -0.102. The first kappa shape index (κ1) is 10.4. The highest BCUT2D eigenvalue weighted by atomic mass is 16.5. The van der Waals surface area contributed by atoms with E-state index < -0.39 is 0 Å². The largest absolute Gasteiger partial charge is 0.394 e. The minimum absolute atomic E-state index is 0.00280. The molecule has 0 radical (unpaired) electrons. The van der Waals surface area contributed by atoms with Crippen LogP contribution in [0.25, 0.3) is 0 Å². The molecule has 4 heteroatoms. The first-order chi connectivity index (χ1) is 6.70. The van der Waals surface area contributed by atoms with E-state index in [2.05, 4.69) is 11.8 Å². The molecule has 0 aromatic heterocycles. The van der Waals surface area contributed by atoms with Crippen molar-refractivity contribution in [2.45, 2.75) is 44.0 Å². The molecule has 4 nitrogen and oxygen atoms in total. The second kappa shape index (κ2) is 4.14. The second-order valence-electron chi connectivity index (χ2n) is 4.57. The number of nitrogens with two attached hydrogens (primary N) is 1. The Labute approximate surface area is 85.0 Å². The van der Waals surface area contributed by atoms with E-state index >= 15 is 0 Å². The minimum atomic E-state index is 0.00280. The quantitative estimate of drug-likeness (QED) is 0.634. The lowest BCUT2D eigenvalue weighted by atomic mass is 9.85. The van der Waals surface area contributed by atoms with Gasteiger partial charge < -0.3 is 15.6 Å². The predicted molar refractivity (Wildman–Crippen MR) is 54.0 cm³/mol. The normalized spacial score (nSPS) is 44.8. The van der Waals surface area contributed by atoms with Gasteiger partial charge in [0, 0.05) is 24.7 Å². The van der Waals surface area contributed by atoms with Crippen molar-refractivity contribution in [1.82, 2.24) is 4.90 Å². The number of aliphatic hydroxyl groups is 1. The maximum atomic E-state index is 9.04. The van der Waals surface area contributed by atoms with Gasteiger partial charge in [-0.15, -0.1) is 0 Å². The molecule has 1 heterocycles. The van der Waals surface area contributed by atoms with Crippen LogP contribution in [0.3, 0.4) is 0 Å². The number of hydrogen-bond donors (Lipinski definition) is 2. The standard InChI is InChI=1S/C10H20N2O2/c1-7-6-14-10(5-13)4-12(7)9-2-8(11)3-9/h7-10,13H,2-6,11H2,1H3. The molecule has 2 aliphatic rings. The summed E-state index contributed by atoms with van der Waals surface area (Å²) < 4.78 is 5.49. The number of nitrogens with zero attached hydrogens (tertiary/aromatic N) is 1. The highest BCUT2D eigenvalue weighted by molar-refractivity contribution is 4.93. The van der Waals surface area contributed by atoms with Crippen LogP contribution in [-0.4, -0.2) is 54.0 Å². The van der Waals surface area contributed by atoms with Crippen LogP contribution in [-0.2, 0) is 4.74 Å². The number of morpholine rings is 1. The molecule has 1 saturated carbocycles. The van der Waals surface area contributed by atoms with Gasteiger partial charge in [-0.3, -0.25) is 4.90 Å². The zero-order valence-corrected chi connectivity index (χ0v) is 8.72. The molecule has 1 aliphatic heterocycles. The summed E-state index contributed by atoms with van der Waals surface area (Å²) in [4.78, 5) is 2.44. The van der Waals surface area contributed by atoms with E-state index in [-0.39, 0.29) is 12.7 Å². The molecule has 2 fully saturated rings. The molecule has 2 unspecified atom stereocenters. The summed E-state index contributed by atoms with van der Waals surface area (Å²) in [6, 6.07) is 1.48. The molecule has 0 amide bonds. The van der Waals surface area contributed by atoms with Crippen LogP contribution in [0.4, 0.5) is 0 Å². The van der Waals surface area contributed by atoms with Gasteiger partial charge in [0.25, 0.3) is 0 Å². The Kier molecular flexibility index (Phi) is 3.07. The third-order valence-electron chi connectivity index (χ3n) is 3.38. The van der Waals surface area contributed by atoms with Gasteiger partial charge in [-0.2, -0.15) is 0 Å². The zero-order chi connectivity index (χ0) is 10.1. The predicted octanol–water partition coefficient (Wildman–Crippen LogP) is -0.442. The number of ether oxygens (including phenoxy) is 1. The Balaban J connectivity index is 1.88. The monoisotopic (exact) mass is 200 g/mol. The van der Waals surface area contributed by atoms with Crippen molar-refractivity contribution < 1.29 is 9.84 Å². The van der Waals surface area contributed by atoms with Crippen molar-refractivity contribution in [1.29, 1.82) is 0 Å². The van der Waals surface area contributed by atoms with Crippen LogP contribution >= 0.6 is 0 Å². The van der Waals surface area contributed by atoms with Crippen LogP contribution in [0.15, 0.2) is 0 Å². The van der Waals surface area contributed by atoms with Gasteiger partial charge in [-0.05, 0) is 19.8 Å². The summed E-state index contributed by atoms with van der Waals surface area (Å²) >= 11 is 0. The Morgan fingerprint density at radius 3 is 2.79 bits per heavy atom. The van der Waals surface area contributed by atoms with Crippen molar-refractivity contribution in [3.63, 3.8) is 0 Å². The molecule has 0 aromatic rings. The maximum Gasteiger partial charge on any atom is 0.0933 e. The SMILES string of the molecule is CC1COC(CO)CN1C1CC(N)C1. The van der Waals surface area contributed by atoms with E-state index in [0.29, 0.717) is 18.1 Å². The summed E-state index contributed by atoms with van der Waals surface area (Å²) in [7, 11) is 0. The van der Waals surface area contributed by atoms with E-state index in [9.17, 15) is 0 Å². The fraction of sp³-hybridized carbons (Fsp3) is 1.00. The third-order valence-corrected chi connectivity index (χ3v) is 3.38. The molecule has 1 aliphatic carbocycles. The molecule has 3 N–H and O–H groups in total. The van der Waals surface area contributed by atoms with Gasteiger partial charge in [0.2, 0.25) is 0 Å². The average molecular weight is 200 g/mol. The molecule has 14 heavy (non-hydrogen) atoms. The fourth-order valence-electron chi connectivity index (χ4n) is 2.36. The summed E-state index contributed by atoms with van der Waals surface area (Å²) in [5.41, 5.74) is 5.78. The van der Waals surface area contributed by atoms with Gasteiger partial charge in [-0.25, -0.2) is 0 Å². The van der Waals surface area contributed by atoms with Gasteiger partial charge in [0.05, 0.1) is 19.3 Å². The highest BCUT2D eigenvalue weighted by Crippen LogP contribution is 2.28. The van der Waals surface area contributed by atoms with Crippen molar-refractivity contribution in [3.8, 4) is 0 Å². The number of hydrogen-bond acceptors (Lipinski definition) is 4. The summed E-state index contributed by atoms with van der Waals surface area (Å²) in [6.07, 6.45) is 2.20. The van der Waals surface area contributed by atoms with E-state index in [1.807, 2.05) is 0 Å². The van der Waals surface area contributed by atoms with E-state index in [4.69, 9.17) is 15.6 Å². The summed E-state index contributed by atoms with van der Waals surface area (Å²) in [5, 5.41) is 9.04. The summed E-state index contributed by atoms with van der Waals surface area (Å²) in [5.74, 6) is 0. The topological polar surface area (TPSA) is 58.7 Å². The number of aliphatic hydroxyl groups excluding tert-OH is 1. The van der Waals surface area contributed by atoms with Crippen molar-refractivity contribution in [2.24, 2.45) is 5.73 Å². The molecule has 2 atom stereocenters. The Morgan fingerprint density at radius 1 is 1.50 bits per heavy atom. The zero-order valence-electron chi connectivity index (χ0n) is 8.72. The number of rotatable bonds is 2. The van der Waals surface area contributed by atoms with E-state index in [1.165, 1.54) is 0 Å².